The van der Waals surface area contributed by atoms with Crippen LogP contribution in [0, 0.1) is 0 Å². The Kier molecular flexibility index (Phi) is 5.39. The molecule has 1 N–H and O–H groups in total. The average molecular weight is 380 g/mol. The number of benzene rings is 2. The van der Waals surface area contributed by atoms with Crippen molar-refractivity contribution >= 4 is 23.4 Å². The van der Waals surface area contributed by atoms with Gasteiger partial charge in [-0.05, 0) is 48.7 Å². The van der Waals surface area contributed by atoms with Crippen molar-refractivity contribution < 1.29 is 9.53 Å². The second-order valence-electron chi connectivity index (χ2n) is 6.24. The number of rotatable bonds is 7. The van der Waals surface area contributed by atoms with Gasteiger partial charge in [0.2, 0.25) is 5.91 Å². The molecule has 0 unspecified atom stereocenters. The molecule has 0 fully saturated rings. The highest BCUT2D eigenvalue weighted by Crippen LogP contribution is 2.27. The maximum atomic E-state index is 11.4. The molecular formula is C20H20N4O2S. The molecule has 1 aromatic heterocycles. The first-order valence-corrected chi connectivity index (χ1v) is 9.92. The minimum Gasteiger partial charge on any atom is -0.494 e. The molecule has 4 rings (SSSR count). The Morgan fingerprint density at radius 2 is 2.04 bits per heavy atom. The number of nitrogens with zero attached hydrogens (tertiary/aromatic N) is 3. The summed E-state index contributed by atoms with van der Waals surface area (Å²) < 4.78 is 7.85. The topological polar surface area (TPSA) is 69.0 Å². The van der Waals surface area contributed by atoms with E-state index in [9.17, 15) is 4.79 Å². The number of aryl methyl sites for hydroxylation is 1. The SMILES string of the molecule is O=C1CCc2cc(OCCCSc3nncn3-c3ccccc3)ccc2N1. The lowest BCUT2D eigenvalue weighted by Gasteiger charge is -2.17. The first kappa shape index (κ1) is 17.6. The molecule has 6 nitrogen and oxygen atoms in total. The van der Waals surface area contributed by atoms with Crippen LogP contribution in [0.25, 0.3) is 5.69 Å². The van der Waals surface area contributed by atoms with E-state index in [-0.39, 0.29) is 5.91 Å². The summed E-state index contributed by atoms with van der Waals surface area (Å²) >= 11 is 1.67. The summed E-state index contributed by atoms with van der Waals surface area (Å²) in [7, 11) is 0. The molecule has 2 heterocycles. The number of para-hydroxylation sites is 1. The maximum Gasteiger partial charge on any atom is 0.224 e. The van der Waals surface area contributed by atoms with Gasteiger partial charge in [-0.2, -0.15) is 0 Å². The van der Waals surface area contributed by atoms with E-state index in [0.717, 1.165) is 46.4 Å². The Morgan fingerprint density at radius 1 is 1.15 bits per heavy atom. The quantitative estimate of drug-likeness (QED) is 0.500. The second kappa shape index (κ2) is 8.26. The minimum atomic E-state index is 0.0801. The fourth-order valence-electron chi connectivity index (χ4n) is 2.95. The molecule has 0 bridgehead atoms. The third kappa shape index (κ3) is 4.31. The fourth-order valence-corrected chi connectivity index (χ4v) is 3.79. The number of aromatic nitrogens is 3. The molecule has 0 spiro atoms. The maximum absolute atomic E-state index is 11.4. The van der Waals surface area contributed by atoms with Crippen LogP contribution < -0.4 is 10.1 Å². The molecule has 0 aliphatic carbocycles. The molecular weight excluding hydrogens is 360 g/mol. The van der Waals surface area contributed by atoms with Gasteiger partial charge in [0.1, 0.15) is 12.1 Å². The van der Waals surface area contributed by atoms with E-state index in [4.69, 9.17) is 4.74 Å². The Balaban J connectivity index is 1.26. The summed E-state index contributed by atoms with van der Waals surface area (Å²) in [5, 5.41) is 12.0. The van der Waals surface area contributed by atoms with Gasteiger partial charge in [0.05, 0.1) is 6.61 Å². The van der Waals surface area contributed by atoms with Gasteiger partial charge in [-0.3, -0.25) is 9.36 Å². The van der Waals surface area contributed by atoms with Crippen molar-refractivity contribution in [2.24, 2.45) is 0 Å². The van der Waals surface area contributed by atoms with Crippen LogP contribution in [0.1, 0.15) is 18.4 Å². The highest BCUT2D eigenvalue weighted by molar-refractivity contribution is 7.99. The molecule has 1 amide bonds. The van der Waals surface area contributed by atoms with Gasteiger partial charge in [-0.15, -0.1) is 10.2 Å². The number of carbonyl (C=O) groups excluding carboxylic acids is 1. The molecule has 27 heavy (non-hydrogen) atoms. The van der Waals surface area contributed by atoms with Crippen molar-refractivity contribution in [1.29, 1.82) is 0 Å². The van der Waals surface area contributed by atoms with E-state index in [1.54, 1.807) is 18.1 Å². The van der Waals surface area contributed by atoms with Crippen molar-refractivity contribution in [3.8, 4) is 11.4 Å². The zero-order valence-corrected chi connectivity index (χ0v) is 15.6. The number of hydrogen-bond donors (Lipinski definition) is 1. The van der Waals surface area contributed by atoms with Crippen LogP contribution in [0.2, 0.25) is 0 Å². The lowest BCUT2D eigenvalue weighted by Crippen LogP contribution is -2.18. The predicted molar refractivity (Wildman–Crippen MR) is 106 cm³/mol. The number of hydrogen-bond acceptors (Lipinski definition) is 5. The van der Waals surface area contributed by atoms with Gasteiger partial charge in [-0.25, -0.2) is 0 Å². The Morgan fingerprint density at radius 3 is 2.93 bits per heavy atom. The number of nitrogens with one attached hydrogen (secondary N) is 1. The molecule has 0 atom stereocenters. The molecule has 2 aromatic carbocycles. The van der Waals surface area contributed by atoms with E-state index in [1.807, 2.05) is 53.1 Å². The molecule has 7 heteroatoms. The summed E-state index contributed by atoms with van der Waals surface area (Å²) in [4.78, 5) is 11.4. The monoisotopic (exact) mass is 380 g/mol. The molecule has 138 valence electrons. The van der Waals surface area contributed by atoms with Crippen LogP contribution >= 0.6 is 11.8 Å². The Hall–Kier alpha value is -2.80. The van der Waals surface area contributed by atoms with E-state index in [2.05, 4.69) is 15.5 Å². The third-order valence-electron chi connectivity index (χ3n) is 4.31. The van der Waals surface area contributed by atoms with E-state index in [0.29, 0.717) is 13.0 Å². The number of thioether (sulfide) groups is 1. The van der Waals surface area contributed by atoms with Gasteiger partial charge in [0.15, 0.2) is 5.16 Å². The van der Waals surface area contributed by atoms with E-state index < -0.39 is 0 Å². The molecule has 1 aliphatic rings. The first-order valence-electron chi connectivity index (χ1n) is 8.93. The van der Waals surface area contributed by atoms with Crippen LogP contribution in [0.15, 0.2) is 60.0 Å². The standard InChI is InChI=1S/C20H20N4O2S/c25-19-10-7-15-13-17(8-9-18(15)22-19)26-11-4-12-27-20-23-21-14-24(20)16-5-2-1-3-6-16/h1-3,5-6,8-9,13-14H,4,7,10-12H2,(H,22,25). The lowest BCUT2D eigenvalue weighted by molar-refractivity contribution is -0.116. The lowest BCUT2D eigenvalue weighted by atomic mass is 10.0. The Bertz CT molecular complexity index is 927. The van der Waals surface area contributed by atoms with Crippen LogP contribution in [0.3, 0.4) is 0 Å². The van der Waals surface area contributed by atoms with Crippen LogP contribution in [-0.4, -0.2) is 33.0 Å². The van der Waals surface area contributed by atoms with Gasteiger partial charge in [0.25, 0.3) is 0 Å². The minimum absolute atomic E-state index is 0.0801. The van der Waals surface area contributed by atoms with Gasteiger partial charge < -0.3 is 10.1 Å². The largest absolute Gasteiger partial charge is 0.494 e. The Labute approximate surface area is 162 Å². The average Bonchev–Trinajstić information content (AvgIpc) is 3.17. The number of ether oxygens (including phenoxy) is 1. The molecule has 0 saturated heterocycles. The van der Waals surface area contributed by atoms with Crippen molar-refractivity contribution in [3.05, 3.63) is 60.4 Å². The van der Waals surface area contributed by atoms with Crippen molar-refractivity contribution in [2.75, 3.05) is 17.7 Å². The summed E-state index contributed by atoms with van der Waals surface area (Å²) in [5.41, 5.74) is 3.09. The van der Waals surface area contributed by atoms with Gasteiger partial charge in [-0.1, -0.05) is 30.0 Å². The summed E-state index contributed by atoms with van der Waals surface area (Å²) in [5.74, 6) is 1.82. The highest BCUT2D eigenvalue weighted by Gasteiger charge is 2.15. The molecule has 3 aromatic rings. The second-order valence-corrected chi connectivity index (χ2v) is 7.30. The number of amides is 1. The summed E-state index contributed by atoms with van der Waals surface area (Å²) in [6.07, 6.45) is 3.94. The highest BCUT2D eigenvalue weighted by atomic mass is 32.2. The van der Waals surface area contributed by atoms with Crippen LogP contribution in [0.5, 0.6) is 5.75 Å². The smallest absolute Gasteiger partial charge is 0.224 e. The molecule has 0 radical (unpaired) electrons. The van der Waals surface area contributed by atoms with Gasteiger partial charge in [0, 0.05) is 23.5 Å². The summed E-state index contributed by atoms with van der Waals surface area (Å²) in [6.45, 7) is 0.637. The number of fused-ring (bicyclic) bond motifs is 1. The summed E-state index contributed by atoms with van der Waals surface area (Å²) in [6, 6.07) is 15.9. The first-order chi connectivity index (χ1) is 13.3. The zero-order valence-electron chi connectivity index (χ0n) is 14.8. The normalized spacial score (nSPS) is 13.1. The fraction of sp³-hybridized carbons (Fsp3) is 0.250. The van der Waals surface area contributed by atoms with Crippen LogP contribution in [-0.2, 0) is 11.2 Å². The van der Waals surface area contributed by atoms with Crippen LogP contribution in [0.4, 0.5) is 5.69 Å². The number of anilines is 1. The molecule has 1 aliphatic heterocycles. The number of carbonyl (C=O) groups is 1. The van der Waals surface area contributed by atoms with E-state index in [1.165, 1.54) is 0 Å². The van der Waals surface area contributed by atoms with Gasteiger partial charge >= 0.3 is 0 Å². The third-order valence-corrected chi connectivity index (χ3v) is 5.34. The van der Waals surface area contributed by atoms with Crippen molar-refractivity contribution in [3.63, 3.8) is 0 Å². The zero-order chi connectivity index (χ0) is 18.5. The van der Waals surface area contributed by atoms with E-state index >= 15 is 0 Å². The predicted octanol–water partition coefficient (Wildman–Crippen LogP) is 3.71. The molecule has 0 saturated carbocycles. The van der Waals surface area contributed by atoms with Crippen molar-refractivity contribution in [1.82, 2.24) is 14.8 Å². The van der Waals surface area contributed by atoms with Crippen molar-refractivity contribution in [2.45, 2.75) is 24.4 Å².